The van der Waals surface area contributed by atoms with Gasteiger partial charge in [-0.25, -0.2) is 4.79 Å². The zero-order valence-corrected chi connectivity index (χ0v) is 8.95. The molecule has 0 aliphatic heterocycles. The minimum absolute atomic E-state index is 0.523. The van der Waals surface area contributed by atoms with Gasteiger partial charge in [0.1, 0.15) is 0 Å². The lowest BCUT2D eigenvalue weighted by molar-refractivity contribution is -0.131. The van der Waals surface area contributed by atoms with Crippen molar-refractivity contribution in [3.8, 4) is 0 Å². The second-order valence-corrected chi connectivity index (χ2v) is 3.42. The Kier molecular flexibility index (Phi) is 3.92. The monoisotopic (exact) mass is 205 g/mol. The van der Waals surface area contributed by atoms with Crippen LogP contribution in [0, 0.1) is 13.8 Å². The summed E-state index contributed by atoms with van der Waals surface area (Å²) in [6.07, 6.45) is 2.71. The molecule has 0 amide bonds. The molecule has 0 bridgehead atoms. The van der Waals surface area contributed by atoms with E-state index in [1.165, 1.54) is 11.1 Å². The lowest BCUT2D eigenvalue weighted by Gasteiger charge is -2.06. The SMILES string of the molecule is Cc1ccc(NC/C=C/C(=O)O)cc1C. The molecule has 1 rings (SSSR count). The second-order valence-electron chi connectivity index (χ2n) is 3.42. The van der Waals surface area contributed by atoms with Crippen LogP contribution in [0.4, 0.5) is 5.69 Å². The van der Waals surface area contributed by atoms with Crippen LogP contribution in [0.1, 0.15) is 11.1 Å². The standard InChI is InChI=1S/C12H15NO2/c1-9-5-6-11(8-10(9)2)13-7-3-4-12(14)15/h3-6,8,13H,7H2,1-2H3,(H,14,15)/b4-3+. The molecule has 0 atom stereocenters. The minimum atomic E-state index is -0.920. The molecule has 1 aromatic rings. The highest BCUT2D eigenvalue weighted by atomic mass is 16.4. The fraction of sp³-hybridized carbons (Fsp3) is 0.250. The van der Waals surface area contributed by atoms with Crippen molar-refractivity contribution in [3.05, 3.63) is 41.5 Å². The van der Waals surface area contributed by atoms with Crippen molar-refractivity contribution < 1.29 is 9.90 Å². The van der Waals surface area contributed by atoms with Gasteiger partial charge in [0.15, 0.2) is 0 Å². The van der Waals surface area contributed by atoms with Gasteiger partial charge in [-0.1, -0.05) is 12.1 Å². The average molecular weight is 205 g/mol. The summed E-state index contributed by atoms with van der Waals surface area (Å²) in [6, 6.07) is 6.07. The molecule has 3 heteroatoms. The predicted molar refractivity (Wildman–Crippen MR) is 61.2 cm³/mol. The molecule has 15 heavy (non-hydrogen) atoms. The van der Waals surface area contributed by atoms with E-state index in [2.05, 4.69) is 12.2 Å². The molecule has 3 nitrogen and oxygen atoms in total. The van der Waals surface area contributed by atoms with Gasteiger partial charge in [0, 0.05) is 18.3 Å². The summed E-state index contributed by atoms with van der Waals surface area (Å²) in [7, 11) is 0. The lowest BCUT2D eigenvalue weighted by Crippen LogP contribution is -1.99. The summed E-state index contributed by atoms with van der Waals surface area (Å²) in [4.78, 5) is 10.2. The first-order valence-corrected chi connectivity index (χ1v) is 4.80. The van der Waals surface area contributed by atoms with Gasteiger partial charge in [0.05, 0.1) is 0 Å². The molecule has 0 saturated carbocycles. The summed E-state index contributed by atoms with van der Waals surface area (Å²) < 4.78 is 0. The average Bonchev–Trinajstić information content (AvgIpc) is 2.18. The number of rotatable bonds is 4. The predicted octanol–water partition coefficient (Wildman–Crippen LogP) is 2.36. The Morgan fingerprint density at radius 2 is 2.13 bits per heavy atom. The van der Waals surface area contributed by atoms with E-state index in [9.17, 15) is 4.79 Å². The molecule has 0 aliphatic carbocycles. The maximum absolute atomic E-state index is 10.2. The maximum Gasteiger partial charge on any atom is 0.328 e. The number of nitrogens with one attached hydrogen (secondary N) is 1. The fourth-order valence-corrected chi connectivity index (χ4v) is 1.19. The Balaban J connectivity index is 2.51. The summed E-state index contributed by atoms with van der Waals surface area (Å²) in [6.45, 7) is 4.63. The van der Waals surface area contributed by atoms with Gasteiger partial charge in [-0.2, -0.15) is 0 Å². The number of aryl methyl sites for hydroxylation is 2. The zero-order valence-electron chi connectivity index (χ0n) is 8.95. The van der Waals surface area contributed by atoms with E-state index >= 15 is 0 Å². The number of hydrogen-bond acceptors (Lipinski definition) is 2. The third-order valence-corrected chi connectivity index (χ3v) is 2.19. The zero-order chi connectivity index (χ0) is 11.3. The number of carboxylic acids is 1. The van der Waals surface area contributed by atoms with Crippen LogP contribution in [0.25, 0.3) is 0 Å². The summed E-state index contributed by atoms with van der Waals surface area (Å²) >= 11 is 0. The second kappa shape index (κ2) is 5.20. The van der Waals surface area contributed by atoms with Gasteiger partial charge >= 0.3 is 5.97 Å². The third kappa shape index (κ3) is 3.85. The van der Waals surface area contributed by atoms with Crippen LogP contribution in [0.2, 0.25) is 0 Å². The molecule has 0 aromatic heterocycles. The number of anilines is 1. The van der Waals surface area contributed by atoms with E-state index < -0.39 is 5.97 Å². The molecular formula is C12H15NO2. The summed E-state index contributed by atoms with van der Waals surface area (Å²) in [5.41, 5.74) is 3.48. The Morgan fingerprint density at radius 1 is 1.40 bits per heavy atom. The Labute approximate surface area is 89.4 Å². The molecular weight excluding hydrogens is 190 g/mol. The van der Waals surface area contributed by atoms with E-state index in [4.69, 9.17) is 5.11 Å². The van der Waals surface area contributed by atoms with Crippen LogP contribution in [-0.2, 0) is 4.79 Å². The van der Waals surface area contributed by atoms with Crippen molar-refractivity contribution in [2.75, 3.05) is 11.9 Å². The molecule has 0 unspecified atom stereocenters. The number of hydrogen-bond donors (Lipinski definition) is 2. The molecule has 0 spiro atoms. The van der Waals surface area contributed by atoms with Gasteiger partial charge in [-0.15, -0.1) is 0 Å². The Morgan fingerprint density at radius 3 is 2.73 bits per heavy atom. The highest BCUT2D eigenvalue weighted by molar-refractivity contribution is 5.79. The number of aliphatic carboxylic acids is 1. The number of carbonyl (C=O) groups is 1. The van der Waals surface area contributed by atoms with Gasteiger partial charge in [0.2, 0.25) is 0 Å². The normalized spacial score (nSPS) is 10.5. The largest absolute Gasteiger partial charge is 0.478 e. The first kappa shape index (κ1) is 11.3. The first-order chi connectivity index (χ1) is 7.09. The van der Waals surface area contributed by atoms with Gasteiger partial charge in [-0.05, 0) is 37.1 Å². The van der Waals surface area contributed by atoms with Gasteiger partial charge < -0.3 is 10.4 Å². The van der Waals surface area contributed by atoms with Crippen molar-refractivity contribution >= 4 is 11.7 Å². The van der Waals surface area contributed by atoms with Crippen LogP contribution in [-0.4, -0.2) is 17.6 Å². The topological polar surface area (TPSA) is 49.3 Å². The fourth-order valence-electron chi connectivity index (χ4n) is 1.19. The van der Waals surface area contributed by atoms with Crippen LogP contribution in [0.15, 0.2) is 30.4 Å². The maximum atomic E-state index is 10.2. The van der Waals surface area contributed by atoms with E-state index in [1.54, 1.807) is 6.08 Å². The highest BCUT2D eigenvalue weighted by Gasteiger charge is 1.94. The van der Waals surface area contributed by atoms with Crippen molar-refractivity contribution in [1.29, 1.82) is 0 Å². The molecule has 0 aliphatic rings. The third-order valence-electron chi connectivity index (χ3n) is 2.19. The Hall–Kier alpha value is -1.77. The van der Waals surface area contributed by atoms with Gasteiger partial charge in [0.25, 0.3) is 0 Å². The molecule has 0 heterocycles. The van der Waals surface area contributed by atoms with E-state index in [1.807, 2.05) is 25.1 Å². The lowest BCUT2D eigenvalue weighted by atomic mass is 10.1. The molecule has 1 aromatic carbocycles. The van der Waals surface area contributed by atoms with Gasteiger partial charge in [-0.3, -0.25) is 0 Å². The molecule has 2 N–H and O–H groups in total. The molecule has 0 radical (unpaired) electrons. The van der Waals surface area contributed by atoms with E-state index in [-0.39, 0.29) is 0 Å². The summed E-state index contributed by atoms with van der Waals surface area (Å²) in [5, 5.41) is 11.5. The quantitative estimate of drug-likeness (QED) is 0.742. The van der Waals surface area contributed by atoms with Crippen LogP contribution >= 0.6 is 0 Å². The van der Waals surface area contributed by atoms with Crippen LogP contribution < -0.4 is 5.32 Å². The van der Waals surface area contributed by atoms with Crippen molar-refractivity contribution in [3.63, 3.8) is 0 Å². The van der Waals surface area contributed by atoms with E-state index in [0.29, 0.717) is 6.54 Å². The van der Waals surface area contributed by atoms with Crippen LogP contribution in [0.3, 0.4) is 0 Å². The molecule has 80 valence electrons. The van der Waals surface area contributed by atoms with Crippen molar-refractivity contribution in [1.82, 2.24) is 0 Å². The number of carboxylic acid groups (broad SMARTS) is 1. The van der Waals surface area contributed by atoms with Crippen molar-refractivity contribution in [2.24, 2.45) is 0 Å². The first-order valence-electron chi connectivity index (χ1n) is 4.80. The van der Waals surface area contributed by atoms with Crippen molar-refractivity contribution in [2.45, 2.75) is 13.8 Å². The molecule has 0 fully saturated rings. The number of benzene rings is 1. The van der Waals surface area contributed by atoms with E-state index in [0.717, 1.165) is 11.8 Å². The summed E-state index contributed by atoms with van der Waals surface area (Å²) in [5.74, 6) is -0.920. The molecule has 0 saturated heterocycles. The minimum Gasteiger partial charge on any atom is -0.478 e. The van der Waals surface area contributed by atoms with Crippen LogP contribution in [0.5, 0.6) is 0 Å². The highest BCUT2D eigenvalue weighted by Crippen LogP contribution is 2.13. The Bertz CT molecular complexity index is 383. The smallest absolute Gasteiger partial charge is 0.328 e.